The van der Waals surface area contributed by atoms with Gasteiger partial charge in [-0.25, -0.2) is 0 Å². The Bertz CT molecular complexity index is 408. The maximum atomic E-state index is 6.26. The normalized spacial score (nSPS) is 11.4. The summed E-state index contributed by atoms with van der Waals surface area (Å²) >= 11 is 6.26. The maximum absolute atomic E-state index is 6.26. The van der Waals surface area contributed by atoms with Gasteiger partial charge in [0.1, 0.15) is 12.4 Å². The average Bonchev–Trinajstić information content (AvgIpc) is 2.41. The molecule has 0 unspecified atom stereocenters. The van der Waals surface area contributed by atoms with E-state index in [0.29, 0.717) is 31.7 Å². The van der Waals surface area contributed by atoms with Crippen LogP contribution in [-0.2, 0) is 11.3 Å². The van der Waals surface area contributed by atoms with E-state index in [0.717, 1.165) is 29.4 Å². The lowest BCUT2D eigenvalue weighted by molar-refractivity contribution is 0.0922. The van der Waals surface area contributed by atoms with Gasteiger partial charge in [-0.3, -0.25) is 0 Å². The fourth-order valence-corrected chi connectivity index (χ4v) is 2.02. The van der Waals surface area contributed by atoms with Crippen LogP contribution >= 0.6 is 11.6 Å². The average molecular weight is 314 g/mol. The molecule has 1 aromatic rings. The highest BCUT2D eigenvalue weighted by molar-refractivity contribution is 6.31. The molecule has 1 rings (SSSR count). The standard InChI is InChI=1S/C17H28ClNO2/c1-13(2)8-9-20-10-11-21-17-7-5-6-16(18)15(17)12-19-14(3)4/h5-7,13-14,19H,8-12H2,1-4H3. The zero-order valence-corrected chi connectivity index (χ0v) is 14.4. The van der Waals surface area contributed by atoms with Crippen molar-refractivity contribution in [1.29, 1.82) is 0 Å². The molecule has 0 bridgehead atoms. The van der Waals surface area contributed by atoms with Gasteiger partial charge >= 0.3 is 0 Å². The molecule has 0 saturated heterocycles. The van der Waals surface area contributed by atoms with Crippen molar-refractivity contribution in [3.8, 4) is 5.75 Å². The molecule has 0 atom stereocenters. The van der Waals surface area contributed by atoms with Crippen LogP contribution < -0.4 is 10.1 Å². The lowest BCUT2D eigenvalue weighted by atomic mass is 10.1. The number of rotatable bonds is 10. The highest BCUT2D eigenvalue weighted by Crippen LogP contribution is 2.26. The summed E-state index contributed by atoms with van der Waals surface area (Å²) in [6, 6.07) is 6.17. The Balaban J connectivity index is 2.41. The second-order valence-corrected chi connectivity index (χ2v) is 6.30. The summed E-state index contributed by atoms with van der Waals surface area (Å²) in [7, 11) is 0. The molecule has 0 radical (unpaired) electrons. The van der Waals surface area contributed by atoms with Gasteiger partial charge in [-0.2, -0.15) is 0 Å². The fraction of sp³-hybridized carbons (Fsp3) is 0.647. The summed E-state index contributed by atoms with van der Waals surface area (Å²) < 4.78 is 11.4. The van der Waals surface area contributed by atoms with Gasteiger partial charge in [0.25, 0.3) is 0 Å². The van der Waals surface area contributed by atoms with Gasteiger partial charge in [0, 0.05) is 29.8 Å². The second-order valence-electron chi connectivity index (χ2n) is 5.90. The molecule has 0 fully saturated rings. The van der Waals surface area contributed by atoms with Crippen LogP contribution in [0.1, 0.15) is 39.7 Å². The minimum atomic E-state index is 0.411. The summed E-state index contributed by atoms with van der Waals surface area (Å²) in [6.07, 6.45) is 1.08. The van der Waals surface area contributed by atoms with Crippen LogP contribution in [0.3, 0.4) is 0 Å². The number of benzene rings is 1. The van der Waals surface area contributed by atoms with Gasteiger partial charge < -0.3 is 14.8 Å². The molecule has 0 saturated carbocycles. The second kappa shape index (κ2) is 10.0. The molecule has 0 aliphatic heterocycles. The van der Waals surface area contributed by atoms with E-state index < -0.39 is 0 Å². The van der Waals surface area contributed by atoms with Crippen molar-refractivity contribution in [1.82, 2.24) is 5.32 Å². The molecule has 4 heteroatoms. The highest BCUT2D eigenvalue weighted by atomic mass is 35.5. The molecule has 120 valence electrons. The molecule has 0 amide bonds. The molecule has 0 aliphatic carbocycles. The molecule has 1 N–H and O–H groups in total. The lowest BCUT2D eigenvalue weighted by Gasteiger charge is -2.15. The van der Waals surface area contributed by atoms with E-state index in [9.17, 15) is 0 Å². The minimum Gasteiger partial charge on any atom is -0.491 e. The predicted molar refractivity (Wildman–Crippen MR) is 89.2 cm³/mol. The van der Waals surface area contributed by atoms with Crippen molar-refractivity contribution in [2.75, 3.05) is 19.8 Å². The van der Waals surface area contributed by atoms with Crippen LogP contribution in [0.15, 0.2) is 18.2 Å². The minimum absolute atomic E-state index is 0.411. The molecule has 1 aromatic carbocycles. The summed E-state index contributed by atoms with van der Waals surface area (Å²) in [6.45, 7) is 11.3. The highest BCUT2D eigenvalue weighted by Gasteiger charge is 2.08. The Morgan fingerprint density at radius 2 is 1.86 bits per heavy atom. The monoisotopic (exact) mass is 313 g/mol. The first kappa shape index (κ1) is 18.3. The summed E-state index contributed by atoms with van der Waals surface area (Å²) in [4.78, 5) is 0. The topological polar surface area (TPSA) is 30.5 Å². The van der Waals surface area contributed by atoms with E-state index in [1.807, 2.05) is 18.2 Å². The van der Waals surface area contributed by atoms with Gasteiger partial charge in [-0.15, -0.1) is 0 Å². The van der Waals surface area contributed by atoms with Crippen molar-refractivity contribution >= 4 is 11.6 Å². The van der Waals surface area contributed by atoms with Crippen LogP contribution in [0.25, 0.3) is 0 Å². The van der Waals surface area contributed by atoms with Gasteiger partial charge in [-0.05, 0) is 24.5 Å². The molecular weight excluding hydrogens is 286 g/mol. The summed E-state index contributed by atoms with van der Waals surface area (Å²) in [5, 5.41) is 4.11. The van der Waals surface area contributed by atoms with Crippen LogP contribution in [0, 0.1) is 5.92 Å². The quantitative estimate of drug-likeness (QED) is 0.654. The smallest absolute Gasteiger partial charge is 0.125 e. The molecule has 0 heterocycles. The van der Waals surface area contributed by atoms with E-state index in [1.165, 1.54) is 0 Å². The van der Waals surface area contributed by atoms with Crippen molar-refractivity contribution in [3.05, 3.63) is 28.8 Å². The summed E-state index contributed by atoms with van der Waals surface area (Å²) in [5.41, 5.74) is 1.01. The molecule has 0 aliphatic rings. The molecule has 3 nitrogen and oxygen atoms in total. The van der Waals surface area contributed by atoms with Gasteiger partial charge in [0.15, 0.2) is 0 Å². The third-order valence-electron chi connectivity index (χ3n) is 3.09. The van der Waals surface area contributed by atoms with E-state index in [2.05, 4.69) is 33.0 Å². The first-order chi connectivity index (χ1) is 10.0. The fourth-order valence-electron chi connectivity index (χ4n) is 1.78. The largest absolute Gasteiger partial charge is 0.491 e. The van der Waals surface area contributed by atoms with Gasteiger partial charge in [0.2, 0.25) is 0 Å². The van der Waals surface area contributed by atoms with E-state index in [4.69, 9.17) is 21.1 Å². The third kappa shape index (κ3) is 7.70. The zero-order valence-electron chi connectivity index (χ0n) is 13.6. The first-order valence-electron chi connectivity index (χ1n) is 7.72. The Morgan fingerprint density at radius 1 is 1.10 bits per heavy atom. The van der Waals surface area contributed by atoms with Gasteiger partial charge in [0.05, 0.1) is 6.61 Å². The Morgan fingerprint density at radius 3 is 2.52 bits per heavy atom. The number of halogens is 1. The molecular formula is C17H28ClNO2. The molecule has 0 aromatic heterocycles. The Labute approximate surface area is 134 Å². The van der Waals surface area contributed by atoms with Crippen molar-refractivity contribution in [2.45, 2.75) is 46.7 Å². The maximum Gasteiger partial charge on any atom is 0.125 e. The molecule has 0 spiro atoms. The van der Waals surface area contributed by atoms with E-state index in [1.54, 1.807) is 0 Å². The van der Waals surface area contributed by atoms with E-state index in [-0.39, 0.29) is 0 Å². The van der Waals surface area contributed by atoms with Crippen LogP contribution in [0.5, 0.6) is 5.75 Å². The van der Waals surface area contributed by atoms with Crippen LogP contribution in [0.2, 0.25) is 5.02 Å². The lowest BCUT2D eigenvalue weighted by Crippen LogP contribution is -2.22. The third-order valence-corrected chi connectivity index (χ3v) is 3.44. The number of hydrogen-bond donors (Lipinski definition) is 1. The molecule has 21 heavy (non-hydrogen) atoms. The van der Waals surface area contributed by atoms with Crippen molar-refractivity contribution in [2.24, 2.45) is 5.92 Å². The predicted octanol–water partition coefficient (Wildman–Crippen LogP) is 4.28. The van der Waals surface area contributed by atoms with Crippen LogP contribution in [0.4, 0.5) is 0 Å². The zero-order chi connectivity index (χ0) is 15.7. The van der Waals surface area contributed by atoms with Crippen molar-refractivity contribution in [3.63, 3.8) is 0 Å². The Hall–Kier alpha value is -0.770. The Kier molecular flexibility index (Phi) is 8.74. The van der Waals surface area contributed by atoms with Crippen LogP contribution in [-0.4, -0.2) is 25.9 Å². The first-order valence-corrected chi connectivity index (χ1v) is 8.09. The SMILES string of the molecule is CC(C)CCOCCOc1cccc(Cl)c1CNC(C)C. The summed E-state index contributed by atoms with van der Waals surface area (Å²) in [5.74, 6) is 1.51. The number of ether oxygens (including phenoxy) is 2. The number of nitrogens with one attached hydrogen (secondary N) is 1. The van der Waals surface area contributed by atoms with Gasteiger partial charge in [-0.1, -0.05) is 45.4 Å². The number of hydrogen-bond acceptors (Lipinski definition) is 3. The van der Waals surface area contributed by atoms with E-state index >= 15 is 0 Å². The van der Waals surface area contributed by atoms with Crippen molar-refractivity contribution < 1.29 is 9.47 Å².